The quantitative estimate of drug-likeness (QED) is 0.103. The van der Waals surface area contributed by atoms with E-state index in [9.17, 15) is 9.90 Å². The van der Waals surface area contributed by atoms with Crippen molar-refractivity contribution < 1.29 is 14.6 Å². The molecule has 0 amide bonds. The van der Waals surface area contributed by atoms with Crippen LogP contribution >= 0.6 is 0 Å². The van der Waals surface area contributed by atoms with Gasteiger partial charge in [-0.3, -0.25) is 4.79 Å². The largest absolute Gasteiger partial charge is 0.436 e. The molecule has 0 radical (unpaired) electrons. The van der Waals surface area contributed by atoms with Crippen molar-refractivity contribution in [2.45, 2.75) is 136 Å². The first-order valence-electron chi connectivity index (χ1n) is 11.7. The van der Waals surface area contributed by atoms with Crippen LogP contribution in [0.5, 0.6) is 0 Å². The topological polar surface area (TPSA) is 46.5 Å². The van der Waals surface area contributed by atoms with E-state index in [1.54, 1.807) is 0 Å². The highest BCUT2D eigenvalue weighted by Crippen LogP contribution is 2.11. The number of aliphatic hydroxyl groups excluding tert-OH is 1. The molecule has 0 heterocycles. The van der Waals surface area contributed by atoms with E-state index in [1.165, 1.54) is 70.6 Å². The van der Waals surface area contributed by atoms with Gasteiger partial charge in [0, 0.05) is 12.8 Å². The van der Waals surface area contributed by atoms with Gasteiger partial charge in [-0.2, -0.15) is 0 Å². The van der Waals surface area contributed by atoms with Crippen LogP contribution in [0.4, 0.5) is 0 Å². The van der Waals surface area contributed by atoms with Gasteiger partial charge in [-0.05, 0) is 38.5 Å². The first-order valence-corrected chi connectivity index (χ1v) is 11.7. The van der Waals surface area contributed by atoms with Crippen LogP contribution in [0.3, 0.4) is 0 Å². The third-order valence-corrected chi connectivity index (χ3v) is 4.96. The zero-order valence-electron chi connectivity index (χ0n) is 18.2. The van der Waals surface area contributed by atoms with Gasteiger partial charge in [-0.25, -0.2) is 0 Å². The molecule has 1 N–H and O–H groups in total. The van der Waals surface area contributed by atoms with E-state index in [0.717, 1.165) is 32.1 Å². The fourth-order valence-corrected chi connectivity index (χ4v) is 3.18. The van der Waals surface area contributed by atoms with Gasteiger partial charge in [0.1, 0.15) is 0 Å². The van der Waals surface area contributed by atoms with E-state index in [4.69, 9.17) is 4.74 Å². The van der Waals surface area contributed by atoms with Crippen LogP contribution in [0, 0.1) is 0 Å². The first-order chi connectivity index (χ1) is 13.2. The average molecular weight is 383 g/mol. The van der Waals surface area contributed by atoms with Crippen molar-refractivity contribution in [3.05, 3.63) is 12.2 Å². The van der Waals surface area contributed by atoms with Gasteiger partial charge in [0.05, 0.1) is 0 Å². The number of esters is 1. The van der Waals surface area contributed by atoms with Gasteiger partial charge < -0.3 is 9.84 Å². The van der Waals surface area contributed by atoms with Crippen LogP contribution in [0.1, 0.15) is 129 Å². The van der Waals surface area contributed by atoms with Gasteiger partial charge in [-0.1, -0.05) is 90.2 Å². The highest BCUT2D eigenvalue weighted by molar-refractivity contribution is 5.69. The molecular weight excluding hydrogens is 336 g/mol. The normalized spacial score (nSPS) is 12.6. The highest BCUT2D eigenvalue weighted by atomic mass is 16.6. The minimum atomic E-state index is -0.910. The summed E-state index contributed by atoms with van der Waals surface area (Å²) in [4.78, 5) is 11.6. The number of rotatable bonds is 20. The van der Waals surface area contributed by atoms with E-state index < -0.39 is 6.29 Å². The van der Waals surface area contributed by atoms with Gasteiger partial charge in [0.15, 0.2) is 0 Å². The third kappa shape index (κ3) is 21.3. The second-order valence-corrected chi connectivity index (χ2v) is 7.77. The van der Waals surface area contributed by atoms with E-state index in [-0.39, 0.29) is 5.97 Å². The lowest BCUT2D eigenvalue weighted by Gasteiger charge is -2.11. The van der Waals surface area contributed by atoms with Gasteiger partial charge in [0.25, 0.3) is 0 Å². The molecule has 0 aromatic heterocycles. The predicted octanol–water partition coefficient (Wildman–Crippen LogP) is 7.47. The van der Waals surface area contributed by atoms with Crippen molar-refractivity contribution in [1.29, 1.82) is 0 Å². The Kier molecular flexibility index (Phi) is 20.8. The molecule has 0 fully saturated rings. The minimum Gasteiger partial charge on any atom is -0.436 e. The molecule has 1 unspecified atom stereocenters. The van der Waals surface area contributed by atoms with Gasteiger partial charge in [-0.15, -0.1) is 0 Å². The summed E-state index contributed by atoms with van der Waals surface area (Å²) in [6.45, 7) is 4.38. The standard InChI is InChI=1S/C24H46O3/c1-3-5-7-8-9-10-11-12-13-14-15-16-17-18-20-22-24(26)27-23(25)21-19-6-4-2/h12-13,23,25H,3-11,14-22H2,1-2H3. The van der Waals surface area contributed by atoms with Crippen molar-refractivity contribution in [2.75, 3.05) is 0 Å². The molecule has 0 aromatic rings. The molecule has 0 aliphatic rings. The number of aliphatic hydroxyl groups is 1. The van der Waals surface area contributed by atoms with E-state index in [0.29, 0.717) is 12.8 Å². The zero-order chi connectivity index (χ0) is 20.0. The molecule has 1 atom stereocenters. The summed E-state index contributed by atoms with van der Waals surface area (Å²) in [6.07, 6.45) is 24.1. The maximum atomic E-state index is 11.6. The molecule has 0 saturated heterocycles. The SMILES string of the molecule is CCCCCCCCC=CCCCCCCCC(=O)OC(O)CCCCC. The lowest BCUT2D eigenvalue weighted by atomic mass is 10.1. The van der Waals surface area contributed by atoms with Crippen molar-refractivity contribution in [3.8, 4) is 0 Å². The molecule has 160 valence electrons. The summed E-state index contributed by atoms with van der Waals surface area (Å²) in [7, 11) is 0. The monoisotopic (exact) mass is 382 g/mol. The Morgan fingerprint density at radius 1 is 0.741 bits per heavy atom. The molecule has 0 rings (SSSR count). The maximum absolute atomic E-state index is 11.6. The van der Waals surface area contributed by atoms with Crippen LogP contribution in [0.25, 0.3) is 0 Å². The second kappa shape index (κ2) is 21.5. The Bertz CT molecular complexity index is 339. The first kappa shape index (κ1) is 26.2. The second-order valence-electron chi connectivity index (χ2n) is 7.77. The molecule has 0 bridgehead atoms. The molecule has 27 heavy (non-hydrogen) atoms. The predicted molar refractivity (Wildman–Crippen MR) is 116 cm³/mol. The molecule has 0 aliphatic carbocycles. The zero-order valence-corrected chi connectivity index (χ0v) is 18.2. The Morgan fingerprint density at radius 2 is 1.22 bits per heavy atom. The van der Waals surface area contributed by atoms with Gasteiger partial charge >= 0.3 is 5.97 Å². The van der Waals surface area contributed by atoms with Crippen molar-refractivity contribution in [3.63, 3.8) is 0 Å². The lowest BCUT2D eigenvalue weighted by molar-refractivity contribution is -0.168. The lowest BCUT2D eigenvalue weighted by Crippen LogP contribution is -2.17. The summed E-state index contributed by atoms with van der Waals surface area (Å²) in [6, 6.07) is 0. The van der Waals surface area contributed by atoms with E-state index in [2.05, 4.69) is 26.0 Å². The van der Waals surface area contributed by atoms with Crippen molar-refractivity contribution >= 4 is 5.97 Å². The molecule has 0 spiro atoms. The van der Waals surface area contributed by atoms with Crippen LogP contribution in [0.2, 0.25) is 0 Å². The molecule has 0 aliphatic heterocycles. The van der Waals surface area contributed by atoms with Gasteiger partial charge in [0.2, 0.25) is 6.29 Å². The molecule has 3 nitrogen and oxygen atoms in total. The molecule has 3 heteroatoms. The molecule has 0 saturated carbocycles. The van der Waals surface area contributed by atoms with E-state index in [1.807, 2.05) is 0 Å². The Balaban J connectivity index is 3.30. The number of carbonyl (C=O) groups excluding carboxylic acids is 1. The van der Waals surface area contributed by atoms with Crippen LogP contribution in [-0.2, 0) is 9.53 Å². The summed E-state index contributed by atoms with van der Waals surface area (Å²) in [5, 5.41) is 9.62. The maximum Gasteiger partial charge on any atom is 0.308 e. The number of unbranched alkanes of at least 4 members (excludes halogenated alkanes) is 13. The summed E-state index contributed by atoms with van der Waals surface area (Å²) >= 11 is 0. The fourth-order valence-electron chi connectivity index (χ4n) is 3.18. The molecule has 0 aromatic carbocycles. The fraction of sp³-hybridized carbons (Fsp3) is 0.875. The summed E-state index contributed by atoms with van der Waals surface area (Å²) in [5.74, 6) is -0.253. The molecular formula is C24H46O3. The smallest absolute Gasteiger partial charge is 0.308 e. The number of hydrogen-bond donors (Lipinski definition) is 1. The van der Waals surface area contributed by atoms with Crippen LogP contribution < -0.4 is 0 Å². The Morgan fingerprint density at radius 3 is 1.81 bits per heavy atom. The number of hydrogen-bond acceptors (Lipinski definition) is 3. The van der Waals surface area contributed by atoms with E-state index >= 15 is 0 Å². The average Bonchev–Trinajstić information content (AvgIpc) is 2.65. The highest BCUT2D eigenvalue weighted by Gasteiger charge is 2.10. The van der Waals surface area contributed by atoms with Crippen molar-refractivity contribution in [1.82, 2.24) is 0 Å². The third-order valence-electron chi connectivity index (χ3n) is 4.96. The van der Waals surface area contributed by atoms with Crippen molar-refractivity contribution in [2.24, 2.45) is 0 Å². The summed E-state index contributed by atoms with van der Waals surface area (Å²) in [5.41, 5.74) is 0. The van der Waals surface area contributed by atoms with Crippen LogP contribution in [-0.4, -0.2) is 17.4 Å². The summed E-state index contributed by atoms with van der Waals surface area (Å²) < 4.78 is 5.02. The number of ether oxygens (including phenoxy) is 1. The number of carbonyl (C=O) groups is 1. The number of allylic oxidation sites excluding steroid dienone is 2. The Hall–Kier alpha value is -0.830. The minimum absolute atomic E-state index is 0.253. The Labute approximate surface area is 169 Å². The van der Waals surface area contributed by atoms with Crippen LogP contribution in [0.15, 0.2) is 12.2 Å².